The molecule has 3 rings (SSSR count). The molecule has 18 heavy (non-hydrogen) atoms. The molecule has 0 bridgehead atoms. The van der Waals surface area contributed by atoms with Crippen LogP contribution in [0, 0.1) is 0 Å². The second-order valence-electron chi connectivity index (χ2n) is 4.04. The van der Waals surface area contributed by atoms with Gasteiger partial charge in [0.2, 0.25) is 0 Å². The zero-order valence-electron chi connectivity index (χ0n) is 9.71. The van der Waals surface area contributed by atoms with Crippen LogP contribution in [-0.4, -0.2) is 4.98 Å². The van der Waals surface area contributed by atoms with E-state index < -0.39 is 0 Å². The highest BCUT2D eigenvalue weighted by Gasteiger charge is 2.17. The fraction of sp³-hybridized carbons (Fsp3) is 0.0714. The third-order valence-corrected chi connectivity index (χ3v) is 2.97. The first-order chi connectivity index (χ1) is 8.90. The van der Waals surface area contributed by atoms with Crippen LogP contribution in [0.1, 0.15) is 17.4 Å². The molecule has 0 aliphatic carbocycles. The number of hydrogen-bond donors (Lipinski definition) is 2. The van der Waals surface area contributed by atoms with Crippen molar-refractivity contribution in [1.29, 1.82) is 0 Å². The van der Waals surface area contributed by atoms with Gasteiger partial charge >= 0.3 is 0 Å². The molecular formula is C14H13N3O. The van der Waals surface area contributed by atoms with Gasteiger partial charge in [0.05, 0.1) is 11.8 Å². The summed E-state index contributed by atoms with van der Waals surface area (Å²) in [7, 11) is 0. The Bertz CT molecular complexity index is 644. The third-order valence-electron chi connectivity index (χ3n) is 2.97. The zero-order valence-corrected chi connectivity index (χ0v) is 9.71. The molecule has 0 aliphatic heterocycles. The van der Waals surface area contributed by atoms with Crippen LogP contribution in [0.4, 0.5) is 0 Å². The lowest BCUT2D eigenvalue weighted by Gasteiger charge is -2.15. The zero-order chi connectivity index (χ0) is 12.4. The molecule has 2 heterocycles. The average Bonchev–Trinajstić information content (AvgIpc) is 2.94. The summed E-state index contributed by atoms with van der Waals surface area (Å²) in [5.41, 5.74) is 4.71. The molecule has 0 amide bonds. The van der Waals surface area contributed by atoms with Crippen LogP contribution >= 0.6 is 0 Å². The Morgan fingerprint density at radius 2 is 2.00 bits per heavy atom. The van der Waals surface area contributed by atoms with E-state index >= 15 is 0 Å². The van der Waals surface area contributed by atoms with Crippen molar-refractivity contribution in [3.63, 3.8) is 0 Å². The van der Waals surface area contributed by atoms with Gasteiger partial charge in [0.25, 0.3) is 0 Å². The summed E-state index contributed by atoms with van der Waals surface area (Å²) < 4.78 is 5.42. The van der Waals surface area contributed by atoms with Crippen molar-refractivity contribution >= 4 is 10.9 Å². The summed E-state index contributed by atoms with van der Waals surface area (Å²) in [5, 5.41) is 1.09. The van der Waals surface area contributed by atoms with Crippen LogP contribution in [-0.2, 0) is 0 Å². The highest BCUT2D eigenvalue weighted by molar-refractivity contribution is 5.82. The number of nitrogens with two attached hydrogens (primary N) is 1. The summed E-state index contributed by atoms with van der Waals surface area (Å²) in [5.74, 6) is 6.42. The number of hydrazine groups is 1. The van der Waals surface area contributed by atoms with Crippen LogP contribution in [0.15, 0.2) is 59.3 Å². The maximum atomic E-state index is 5.65. The predicted octanol–water partition coefficient (Wildman–Crippen LogP) is 2.38. The fourth-order valence-electron chi connectivity index (χ4n) is 2.14. The van der Waals surface area contributed by atoms with E-state index in [0.717, 1.165) is 22.2 Å². The molecule has 3 aromatic rings. The van der Waals surface area contributed by atoms with E-state index in [1.165, 1.54) is 0 Å². The minimum Gasteiger partial charge on any atom is -0.467 e. The maximum absolute atomic E-state index is 5.65. The van der Waals surface area contributed by atoms with Crippen molar-refractivity contribution in [2.75, 3.05) is 0 Å². The molecule has 4 nitrogen and oxygen atoms in total. The lowest BCUT2D eigenvalue weighted by atomic mass is 10.0. The van der Waals surface area contributed by atoms with E-state index in [9.17, 15) is 0 Å². The molecule has 0 aliphatic rings. The van der Waals surface area contributed by atoms with Crippen molar-refractivity contribution in [3.05, 3.63) is 66.2 Å². The topological polar surface area (TPSA) is 64.1 Å². The number of para-hydroxylation sites is 1. The van der Waals surface area contributed by atoms with Crippen molar-refractivity contribution in [2.45, 2.75) is 6.04 Å². The second-order valence-corrected chi connectivity index (χ2v) is 4.04. The molecule has 1 unspecified atom stereocenters. The van der Waals surface area contributed by atoms with Crippen molar-refractivity contribution in [2.24, 2.45) is 5.84 Å². The SMILES string of the molecule is NNC(c1ccco1)c1cccc2cccnc12. The normalized spacial score (nSPS) is 12.7. The molecular weight excluding hydrogens is 226 g/mol. The van der Waals surface area contributed by atoms with Gasteiger partial charge in [0.1, 0.15) is 11.8 Å². The van der Waals surface area contributed by atoms with E-state index in [1.54, 1.807) is 12.5 Å². The summed E-state index contributed by atoms with van der Waals surface area (Å²) in [4.78, 5) is 4.42. The molecule has 2 aromatic heterocycles. The molecule has 0 radical (unpaired) electrons. The number of hydrogen-bond acceptors (Lipinski definition) is 4. The molecule has 1 atom stereocenters. The van der Waals surface area contributed by atoms with Crippen LogP contribution in [0.2, 0.25) is 0 Å². The van der Waals surface area contributed by atoms with Gasteiger partial charge in [-0.05, 0) is 18.2 Å². The number of benzene rings is 1. The van der Waals surface area contributed by atoms with Crippen LogP contribution < -0.4 is 11.3 Å². The second kappa shape index (κ2) is 4.60. The van der Waals surface area contributed by atoms with Gasteiger partial charge in [-0.1, -0.05) is 24.3 Å². The van der Waals surface area contributed by atoms with Gasteiger partial charge in [0, 0.05) is 17.1 Å². The van der Waals surface area contributed by atoms with Crippen LogP contribution in [0.5, 0.6) is 0 Å². The first kappa shape index (κ1) is 11.0. The molecule has 4 heteroatoms. The van der Waals surface area contributed by atoms with Gasteiger partial charge in [-0.25, -0.2) is 5.43 Å². The Kier molecular flexibility index (Phi) is 2.80. The van der Waals surface area contributed by atoms with Crippen LogP contribution in [0.25, 0.3) is 10.9 Å². The van der Waals surface area contributed by atoms with E-state index in [1.807, 2.05) is 42.5 Å². The molecule has 0 spiro atoms. The van der Waals surface area contributed by atoms with Crippen molar-refractivity contribution < 1.29 is 4.42 Å². The molecule has 0 saturated carbocycles. The first-order valence-electron chi connectivity index (χ1n) is 5.73. The summed E-state index contributed by atoms with van der Waals surface area (Å²) >= 11 is 0. The van der Waals surface area contributed by atoms with Gasteiger partial charge in [-0.3, -0.25) is 10.8 Å². The largest absolute Gasteiger partial charge is 0.467 e. The standard InChI is InChI=1S/C14H13N3O/c15-17-14(12-7-3-9-18-12)11-6-1-4-10-5-2-8-16-13(10)11/h1-9,14,17H,15H2. The summed E-state index contributed by atoms with van der Waals surface area (Å²) in [6.45, 7) is 0. The Hall–Kier alpha value is -2.17. The fourth-order valence-corrected chi connectivity index (χ4v) is 2.14. The monoisotopic (exact) mass is 239 g/mol. The minimum absolute atomic E-state index is 0.196. The van der Waals surface area contributed by atoms with E-state index in [-0.39, 0.29) is 6.04 Å². The number of fused-ring (bicyclic) bond motifs is 1. The minimum atomic E-state index is -0.196. The summed E-state index contributed by atoms with van der Waals surface area (Å²) in [6.07, 6.45) is 3.42. The molecule has 90 valence electrons. The van der Waals surface area contributed by atoms with Gasteiger partial charge in [-0.2, -0.15) is 0 Å². The molecule has 0 saturated heterocycles. The Labute approximate surface area is 104 Å². The number of nitrogens with one attached hydrogen (secondary N) is 1. The van der Waals surface area contributed by atoms with Crippen molar-refractivity contribution in [3.8, 4) is 0 Å². The van der Waals surface area contributed by atoms with Gasteiger partial charge in [-0.15, -0.1) is 0 Å². The molecule has 0 fully saturated rings. The number of pyridine rings is 1. The van der Waals surface area contributed by atoms with Gasteiger partial charge < -0.3 is 4.42 Å². The highest BCUT2D eigenvalue weighted by Crippen LogP contribution is 2.27. The molecule has 1 aromatic carbocycles. The predicted molar refractivity (Wildman–Crippen MR) is 69.6 cm³/mol. The maximum Gasteiger partial charge on any atom is 0.126 e. The Balaban J connectivity index is 2.18. The number of furan rings is 1. The molecule has 3 N–H and O–H groups in total. The van der Waals surface area contributed by atoms with Crippen molar-refractivity contribution in [1.82, 2.24) is 10.4 Å². The van der Waals surface area contributed by atoms with E-state index in [4.69, 9.17) is 10.3 Å². The number of aromatic nitrogens is 1. The lowest BCUT2D eigenvalue weighted by Crippen LogP contribution is -2.28. The van der Waals surface area contributed by atoms with Crippen LogP contribution in [0.3, 0.4) is 0 Å². The average molecular weight is 239 g/mol. The smallest absolute Gasteiger partial charge is 0.126 e. The van der Waals surface area contributed by atoms with E-state index in [0.29, 0.717) is 0 Å². The summed E-state index contributed by atoms with van der Waals surface area (Å²) in [6, 6.07) is 13.5. The number of rotatable bonds is 3. The third kappa shape index (κ3) is 1.77. The lowest BCUT2D eigenvalue weighted by molar-refractivity contribution is 0.453. The number of nitrogens with zero attached hydrogens (tertiary/aromatic N) is 1. The highest BCUT2D eigenvalue weighted by atomic mass is 16.3. The first-order valence-corrected chi connectivity index (χ1v) is 5.73. The Morgan fingerprint density at radius 1 is 1.11 bits per heavy atom. The van der Waals surface area contributed by atoms with E-state index in [2.05, 4.69) is 10.4 Å². The van der Waals surface area contributed by atoms with Gasteiger partial charge in [0.15, 0.2) is 0 Å². The Morgan fingerprint density at radius 3 is 2.78 bits per heavy atom. The quantitative estimate of drug-likeness (QED) is 0.544.